The summed E-state index contributed by atoms with van der Waals surface area (Å²) < 4.78 is 10.2. The van der Waals surface area contributed by atoms with Crippen LogP contribution in [0.3, 0.4) is 0 Å². The number of rotatable bonds is 9. The van der Waals surface area contributed by atoms with E-state index in [0.717, 1.165) is 44.2 Å². The summed E-state index contributed by atoms with van der Waals surface area (Å²) in [6, 6.07) is 8.18. The number of aliphatic imine (C=N–C) groups is 1. The first-order valence-electron chi connectivity index (χ1n) is 7.44. The Hall–Kier alpha value is -1.75. The molecule has 2 N–H and O–H groups in total. The highest BCUT2D eigenvalue weighted by Crippen LogP contribution is 2.13. The van der Waals surface area contributed by atoms with Crippen molar-refractivity contribution < 1.29 is 9.47 Å². The van der Waals surface area contributed by atoms with Crippen molar-refractivity contribution in [3.8, 4) is 5.75 Å². The van der Waals surface area contributed by atoms with Crippen LogP contribution < -0.4 is 15.4 Å². The van der Waals surface area contributed by atoms with Gasteiger partial charge in [0.05, 0.1) is 13.7 Å². The molecule has 0 saturated carbocycles. The summed E-state index contributed by atoms with van der Waals surface area (Å²) in [7, 11) is 3.39. The van der Waals surface area contributed by atoms with E-state index in [2.05, 4.69) is 34.7 Å². The minimum absolute atomic E-state index is 0.675. The SMILES string of the molecule is CCNC(=NCCCc1cccc(OC)c1)NCCOC. The predicted molar refractivity (Wildman–Crippen MR) is 87.2 cm³/mol. The minimum atomic E-state index is 0.675. The van der Waals surface area contributed by atoms with E-state index in [4.69, 9.17) is 9.47 Å². The topological polar surface area (TPSA) is 54.9 Å². The molecule has 5 heteroatoms. The average molecular weight is 293 g/mol. The minimum Gasteiger partial charge on any atom is -0.497 e. The second-order valence-corrected chi connectivity index (χ2v) is 4.64. The van der Waals surface area contributed by atoms with Crippen LogP contribution in [0.25, 0.3) is 0 Å². The van der Waals surface area contributed by atoms with Crippen LogP contribution in [0, 0.1) is 0 Å². The van der Waals surface area contributed by atoms with Gasteiger partial charge < -0.3 is 20.1 Å². The Bertz CT molecular complexity index is 422. The molecule has 0 saturated heterocycles. The monoisotopic (exact) mass is 293 g/mol. The average Bonchev–Trinajstić information content (AvgIpc) is 2.52. The number of benzene rings is 1. The van der Waals surface area contributed by atoms with Crippen molar-refractivity contribution in [3.05, 3.63) is 29.8 Å². The van der Waals surface area contributed by atoms with Gasteiger partial charge in [0.1, 0.15) is 5.75 Å². The molecule has 0 fully saturated rings. The van der Waals surface area contributed by atoms with Crippen LogP contribution in [0.4, 0.5) is 0 Å². The maximum Gasteiger partial charge on any atom is 0.191 e. The molecule has 5 nitrogen and oxygen atoms in total. The fourth-order valence-electron chi connectivity index (χ4n) is 1.92. The van der Waals surface area contributed by atoms with Crippen molar-refractivity contribution in [1.29, 1.82) is 0 Å². The van der Waals surface area contributed by atoms with Gasteiger partial charge in [0.2, 0.25) is 0 Å². The van der Waals surface area contributed by atoms with Gasteiger partial charge in [-0.1, -0.05) is 12.1 Å². The third-order valence-electron chi connectivity index (χ3n) is 2.97. The largest absolute Gasteiger partial charge is 0.497 e. The van der Waals surface area contributed by atoms with E-state index >= 15 is 0 Å². The standard InChI is InChI=1S/C16H27N3O2/c1-4-17-16(19-11-12-20-2)18-10-6-8-14-7-5-9-15(13-14)21-3/h5,7,9,13H,4,6,8,10-12H2,1-3H3,(H2,17,18,19). The molecule has 0 bridgehead atoms. The van der Waals surface area contributed by atoms with Crippen molar-refractivity contribution in [3.63, 3.8) is 0 Å². The lowest BCUT2D eigenvalue weighted by Gasteiger charge is -2.10. The van der Waals surface area contributed by atoms with Gasteiger partial charge >= 0.3 is 0 Å². The summed E-state index contributed by atoms with van der Waals surface area (Å²) in [6.45, 7) is 5.14. The molecule has 0 aliphatic rings. The van der Waals surface area contributed by atoms with Crippen molar-refractivity contribution >= 4 is 5.96 Å². The fraction of sp³-hybridized carbons (Fsp3) is 0.562. The number of nitrogens with zero attached hydrogens (tertiary/aromatic N) is 1. The summed E-state index contributed by atoms with van der Waals surface area (Å²) in [5.74, 6) is 1.76. The van der Waals surface area contributed by atoms with Crippen molar-refractivity contribution in [2.24, 2.45) is 4.99 Å². The van der Waals surface area contributed by atoms with Crippen molar-refractivity contribution in [1.82, 2.24) is 10.6 Å². The first-order chi connectivity index (χ1) is 10.3. The van der Waals surface area contributed by atoms with E-state index in [1.807, 2.05) is 12.1 Å². The summed E-state index contributed by atoms with van der Waals surface area (Å²) in [6.07, 6.45) is 2.01. The van der Waals surface area contributed by atoms with Gasteiger partial charge in [0.25, 0.3) is 0 Å². The normalized spacial score (nSPS) is 11.3. The third kappa shape index (κ3) is 7.56. The molecule has 0 spiro atoms. The Morgan fingerprint density at radius 3 is 2.81 bits per heavy atom. The van der Waals surface area contributed by atoms with Crippen LogP contribution in [0.1, 0.15) is 18.9 Å². The van der Waals surface area contributed by atoms with Crippen LogP contribution >= 0.6 is 0 Å². The zero-order chi connectivity index (χ0) is 15.3. The molecule has 0 atom stereocenters. The van der Waals surface area contributed by atoms with Gasteiger partial charge in [0, 0.05) is 26.7 Å². The summed E-state index contributed by atoms with van der Waals surface area (Å²) in [5.41, 5.74) is 1.28. The maximum absolute atomic E-state index is 5.23. The fourth-order valence-corrected chi connectivity index (χ4v) is 1.92. The van der Waals surface area contributed by atoms with E-state index in [9.17, 15) is 0 Å². The number of methoxy groups -OCH3 is 2. The van der Waals surface area contributed by atoms with Gasteiger partial charge in [-0.05, 0) is 37.5 Å². The maximum atomic E-state index is 5.23. The summed E-state index contributed by atoms with van der Waals surface area (Å²) in [4.78, 5) is 4.55. The highest BCUT2D eigenvalue weighted by molar-refractivity contribution is 5.79. The van der Waals surface area contributed by atoms with Crippen LogP contribution in [0.2, 0.25) is 0 Å². The Kier molecular flexibility index (Phi) is 9.04. The summed E-state index contributed by atoms with van der Waals surface area (Å²) in [5, 5.41) is 6.45. The highest BCUT2D eigenvalue weighted by Gasteiger charge is 1.98. The zero-order valence-corrected chi connectivity index (χ0v) is 13.3. The number of hydrogen-bond donors (Lipinski definition) is 2. The van der Waals surface area contributed by atoms with Crippen molar-refractivity contribution in [2.45, 2.75) is 19.8 Å². The second-order valence-electron chi connectivity index (χ2n) is 4.64. The first kappa shape index (κ1) is 17.3. The summed E-state index contributed by atoms with van der Waals surface area (Å²) >= 11 is 0. The quantitative estimate of drug-likeness (QED) is 0.414. The molecule has 0 unspecified atom stereocenters. The highest BCUT2D eigenvalue weighted by atomic mass is 16.5. The number of aryl methyl sites for hydroxylation is 1. The Labute approximate surface area is 127 Å². The number of hydrogen-bond acceptors (Lipinski definition) is 3. The van der Waals surface area contributed by atoms with Gasteiger partial charge in [-0.3, -0.25) is 4.99 Å². The first-order valence-corrected chi connectivity index (χ1v) is 7.44. The number of guanidine groups is 1. The lowest BCUT2D eigenvalue weighted by atomic mass is 10.1. The zero-order valence-electron chi connectivity index (χ0n) is 13.3. The molecular formula is C16H27N3O2. The molecule has 1 aromatic rings. The Morgan fingerprint density at radius 2 is 2.10 bits per heavy atom. The van der Waals surface area contributed by atoms with Crippen LogP contribution in [0.5, 0.6) is 5.75 Å². The Morgan fingerprint density at radius 1 is 1.24 bits per heavy atom. The second kappa shape index (κ2) is 11.0. The molecule has 0 aliphatic heterocycles. The molecule has 21 heavy (non-hydrogen) atoms. The van der Waals surface area contributed by atoms with Gasteiger partial charge in [-0.2, -0.15) is 0 Å². The molecule has 0 heterocycles. The molecule has 0 aromatic heterocycles. The molecule has 1 rings (SSSR count). The van der Waals surface area contributed by atoms with Gasteiger partial charge in [0.15, 0.2) is 5.96 Å². The third-order valence-corrected chi connectivity index (χ3v) is 2.97. The lowest BCUT2D eigenvalue weighted by molar-refractivity contribution is 0.203. The van der Waals surface area contributed by atoms with Gasteiger partial charge in [-0.15, -0.1) is 0 Å². The van der Waals surface area contributed by atoms with E-state index < -0.39 is 0 Å². The number of nitrogens with one attached hydrogen (secondary N) is 2. The van der Waals surface area contributed by atoms with Crippen LogP contribution in [-0.4, -0.2) is 46.4 Å². The molecule has 0 amide bonds. The Balaban J connectivity index is 2.35. The van der Waals surface area contributed by atoms with Crippen LogP contribution in [-0.2, 0) is 11.2 Å². The van der Waals surface area contributed by atoms with Crippen molar-refractivity contribution in [2.75, 3.05) is 40.5 Å². The molecule has 118 valence electrons. The smallest absolute Gasteiger partial charge is 0.191 e. The molecular weight excluding hydrogens is 266 g/mol. The van der Waals surface area contributed by atoms with E-state index in [1.54, 1.807) is 14.2 Å². The van der Waals surface area contributed by atoms with E-state index in [1.165, 1.54) is 5.56 Å². The number of ether oxygens (including phenoxy) is 2. The predicted octanol–water partition coefficient (Wildman–Crippen LogP) is 1.83. The molecule has 1 aromatic carbocycles. The van der Waals surface area contributed by atoms with E-state index in [0.29, 0.717) is 6.61 Å². The molecule has 0 aliphatic carbocycles. The van der Waals surface area contributed by atoms with E-state index in [-0.39, 0.29) is 0 Å². The molecule has 0 radical (unpaired) electrons. The van der Waals surface area contributed by atoms with Crippen LogP contribution in [0.15, 0.2) is 29.3 Å². The lowest BCUT2D eigenvalue weighted by Crippen LogP contribution is -2.39. The van der Waals surface area contributed by atoms with Gasteiger partial charge in [-0.25, -0.2) is 0 Å².